The predicted molar refractivity (Wildman–Crippen MR) is 232 cm³/mol. The normalized spacial score (nSPS) is 21.3. The van der Waals surface area contributed by atoms with Gasteiger partial charge < -0.3 is 20.6 Å². The van der Waals surface area contributed by atoms with E-state index in [-0.39, 0.29) is 47.5 Å². The quantitative estimate of drug-likeness (QED) is 0.0507. The molecule has 4 aliphatic rings. The Labute approximate surface area is 355 Å². The molecular weight excluding hydrogens is 802 g/mol. The zero-order valence-electron chi connectivity index (χ0n) is 33.8. The Hall–Kier alpha value is -4.76. The fraction of sp³-hybridized carbons (Fsp3) is 0.413. The van der Waals surface area contributed by atoms with Crippen LogP contribution < -0.4 is 16.0 Å². The Morgan fingerprint density at radius 3 is 2.47 bits per heavy atom. The summed E-state index contributed by atoms with van der Waals surface area (Å²) in [5.74, 6) is -0.394. The van der Waals surface area contributed by atoms with Crippen LogP contribution in [0.15, 0.2) is 88.7 Å². The number of anilines is 2. The van der Waals surface area contributed by atoms with Gasteiger partial charge in [0, 0.05) is 59.4 Å². The summed E-state index contributed by atoms with van der Waals surface area (Å²) in [7, 11) is -3.83. The van der Waals surface area contributed by atoms with Gasteiger partial charge in [0.1, 0.15) is 11.9 Å². The van der Waals surface area contributed by atoms with Gasteiger partial charge in [-0.25, -0.2) is 12.8 Å². The summed E-state index contributed by atoms with van der Waals surface area (Å²) in [6.07, 6.45) is 7.61. The molecule has 3 amide bonds. The smallest absolute Gasteiger partial charge is 0.255 e. The molecule has 4 N–H and O–H groups in total. The number of amides is 3. The van der Waals surface area contributed by atoms with E-state index in [1.807, 2.05) is 49.4 Å². The van der Waals surface area contributed by atoms with Crippen molar-refractivity contribution in [1.29, 1.82) is 0 Å². The Bertz CT molecular complexity index is 2380. The van der Waals surface area contributed by atoms with Crippen LogP contribution in [0.1, 0.15) is 90.9 Å². The molecule has 14 heteroatoms. The Kier molecular flexibility index (Phi) is 12.6. The second kappa shape index (κ2) is 18.1. The van der Waals surface area contributed by atoms with Crippen LogP contribution in [0.4, 0.5) is 15.8 Å². The Balaban J connectivity index is 0.812. The lowest BCUT2D eigenvalue weighted by atomic mass is 9.82. The summed E-state index contributed by atoms with van der Waals surface area (Å²) in [5.41, 5.74) is 6.03. The third-order valence-corrected chi connectivity index (χ3v) is 15.5. The number of fused-ring (bicyclic) bond motifs is 4. The lowest BCUT2D eigenvalue weighted by Crippen LogP contribution is -2.52. The summed E-state index contributed by atoms with van der Waals surface area (Å²) >= 11 is 1.75. The van der Waals surface area contributed by atoms with E-state index in [0.29, 0.717) is 42.6 Å². The molecule has 0 saturated carbocycles. The number of piperidine rings is 1. The van der Waals surface area contributed by atoms with Crippen LogP contribution in [-0.2, 0) is 26.2 Å². The number of carbonyl (C=O) groups excluding carboxylic acids is 3. The van der Waals surface area contributed by atoms with Gasteiger partial charge in [0.25, 0.3) is 5.91 Å². The summed E-state index contributed by atoms with van der Waals surface area (Å²) in [6.45, 7) is 3.26. The molecule has 0 aromatic heterocycles. The minimum Gasteiger partial charge on any atom is -0.394 e. The number of thioether (sulfide) groups is 1. The molecule has 4 aliphatic heterocycles. The second-order valence-electron chi connectivity index (χ2n) is 16.3. The summed E-state index contributed by atoms with van der Waals surface area (Å²) < 4.78 is 45.0. The second-order valence-corrected chi connectivity index (χ2v) is 19.4. The van der Waals surface area contributed by atoms with Gasteiger partial charge in [-0.1, -0.05) is 55.5 Å². The van der Waals surface area contributed by atoms with E-state index in [1.165, 1.54) is 6.07 Å². The highest BCUT2D eigenvalue weighted by molar-refractivity contribution is 7.99. The van der Waals surface area contributed by atoms with Crippen molar-refractivity contribution in [2.75, 3.05) is 36.1 Å². The average molecular weight is 854 g/mol. The molecule has 4 heterocycles. The first-order valence-electron chi connectivity index (χ1n) is 21.1. The van der Waals surface area contributed by atoms with Crippen molar-refractivity contribution in [1.82, 2.24) is 14.5 Å². The molecule has 0 aliphatic carbocycles. The minimum atomic E-state index is -3.83. The number of benzene rings is 4. The number of carbonyl (C=O) groups is 3. The number of nitrogens with zero attached hydrogens (tertiary/aromatic N) is 2. The fourth-order valence-electron chi connectivity index (χ4n) is 9.20. The highest BCUT2D eigenvalue weighted by atomic mass is 32.2. The molecule has 0 bridgehead atoms. The zero-order valence-corrected chi connectivity index (χ0v) is 35.4. The van der Waals surface area contributed by atoms with E-state index >= 15 is 4.39 Å². The lowest BCUT2D eigenvalue weighted by molar-refractivity contribution is -0.136. The summed E-state index contributed by atoms with van der Waals surface area (Å²) in [5, 5.41) is 19.5. The number of halogens is 1. The number of nitrogens with one attached hydrogen (secondary N) is 3. The van der Waals surface area contributed by atoms with Gasteiger partial charge in [0.15, 0.2) is 0 Å². The topological polar surface area (TPSA) is 148 Å². The van der Waals surface area contributed by atoms with Crippen LogP contribution in [0.25, 0.3) is 11.1 Å². The number of imide groups is 1. The molecule has 8 rings (SSSR count). The lowest BCUT2D eigenvalue weighted by Gasteiger charge is -2.39. The number of aryl methyl sites for hydroxylation is 1. The molecule has 4 aromatic rings. The highest BCUT2D eigenvalue weighted by Gasteiger charge is 2.48. The van der Waals surface area contributed by atoms with Gasteiger partial charge in [0.05, 0.1) is 23.6 Å². The third-order valence-electron chi connectivity index (χ3n) is 12.4. The predicted octanol–water partition coefficient (Wildman–Crippen LogP) is 7.65. The molecule has 316 valence electrons. The molecule has 11 nitrogen and oxygen atoms in total. The van der Waals surface area contributed by atoms with E-state index in [9.17, 15) is 27.9 Å². The van der Waals surface area contributed by atoms with Crippen LogP contribution in [0.3, 0.4) is 0 Å². The van der Waals surface area contributed by atoms with Gasteiger partial charge >= 0.3 is 0 Å². The Morgan fingerprint density at radius 1 is 0.900 bits per heavy atom. The maximum Gasteiger partial charge on any atom is 0.255 e. The van der Waals surface area contributed by atoms with Crippen molar-refractivity contribution in [3.8, 4) is 11.1 Å². The van der Waals surface area contributed by atoms with Gasteiger partial charge in [-0.3, -0.25) is 19.7 Å². The van der Waals surface area contributed by atoms with Crippen molar-refractivity contribution < 1.29 is 32.3 Å². The van der Waals surface area contributed by atoms with Gasteiger partial charge in [0.2, 0.25) is 21.8 Å². The number of hydrogen-bond donors (Lipinski definition) is 4. The standard InChI is InChI=1S/C46H52FN5O6S2/c1-29-11-15-32(16-12-29)60(57,58)52-23-21-34-40(28-53)49-39-18-13-30(25-36(39)44(34)52)35-26-31(14-17-38(35)47)48-22-6-4-2-3-5-7-24-59-42-10-8-9-33-37(42)27-51(46(33)56)41-19-20-43(54)50-45(41)55/h8-18,25-26,34,40-41,44,48-49,53H,2-7,19-24,27-28H2,1H3,(H,50,54,55)/t34-,40-,41?,44-/m1/s1. The van der Waals surface area contributed by atoms with Gasteiger partial charge in [-0.15, -0.1) is 11.8 Å². The number of aliphatic hydroxyl groups excluding tert-OH is 1. The van der Waals surface area contributed by atoms with Crippen LogP contribution in [-0.4, -0.2) is 78.0 Å². The van der Waals surface area contributed by atoms with Crippen molar-refractivity contribution in [3.05, 3.63) is 107 Å². The zero-order chi connectivity index (χ0) is 42.0. The van der Waals surface area contributed by atoms with E-state index in [2.05, 4.69) is 16.0 Å². The maximum absolute atomic E-state index is 15.5. The molecule has 2 fully saturated rings. The largest absolute Gasteiger partial charge is 0.394 e. The molecule has 2 saturated heterocycles. The van der Waals surface area contributed by atoms with E-state index in [4.69, 9.17) is 0 Å². The van der Waals surface area contributed by atoms with Crippen LogP contribution in [0, 0.1) is 18.7 Å². The van der Waals surface area contributed by atoms with E-state index < -0.39 is 28.0 Å². The molecule has 4 aromatic carbocycles. The van der Waals surface area contributed by atoms with E-state index in [1.54, 1.807) is 51.3 Å². The number of sulfonamides is 1. The van der Waals surface area contributed by atoms with Crippen molar-refractivity contribution >= 4 is 50.9 Å². The first kappa shape index (κ1) is 42.0. The fourth-order valence-corrected chi connectivity index (χ4v) is 12.0. The molecule has 1 unspecified atom stereocenters. The SMILES string of the molecule is Cc1ccc(S(=O)(=O)N2CC[C@@H]3[C@@H](CO)Nc4ccc(-c5cc(NCCCCCCCCSc6cccc7c6CN(C6CCC(=O)NC6=O)C7=O)ccc5F)cc4[C@@H]32)cc1. The molecule has 0 spiro atoms. The maximum atomic E-state index is 15.5. The van der Waals surface area contributed by atoms with Gasteiger partial charge in [-0.2, -0.15) is 4.31 Å². The molecule has 0 radical (unpaired) electrons. The number of aliphatic hydroxyl groups is 1. The van der Waals surface area contributed by atoms with Crippen molar-refractivity contribution in [3.63, 3.8) is 0 Å². The Morgan fingerprint density at radius 2 is 1.68 bits per heavy atom. The van der Waals surface area contributed by atoms with Crippen LogP contribution in [0.5, 0.6) is 0 Å². The monoisotopic (exact) mass is 853 g/mol. The van der Waals surface area contributed by atoms with Crippen LogP contribution >= 0.6 is 11.8 Å². The highest BCUT2D eigenvalue weighted by Crippen LogP contribution is 2.49. The number of rotatable bonds is 16. The average Bonchev–Trinajstić information content (AvgIpc) is 3.85. The summed E-state index contributed by atoms with van der Waals surface area (Å²) in [4.78, 5) is 40.1. The van der Waals surface area contributed by atoms with Crippen LogP contribution in [0.2, 0.25) is 0 Å². The first-order chi connectivity index (χ1) is 29.0. The number of hydrogen-bond acceptors (Lipinski definition) is 9. The third kappa shape index (κ3) is 8.57. The van der Waals surface area contributed by atoms with Crippen molar-refractivity contribution in [2.24, 2.45) is 5.92 Å². The van der Waals surface area contributed by atoms with E-state index in [0.717, 1.165) is 83.8 Å². The number of unbranched alkanes of at least 4 members (excludes halogenated alkanes) is 5. The molecular formula is C46H52FN5O6S2. The summed E-state index contributed by atoms with van der Waals surface area (Å²) in [6, 6.07) is 21.9. The molecule has 4 atom stereocenters. The minimum absolute atomic E-state index is 0.124. The van der Waals surface area contributed by atoms with Gasteiger partial charge in [-0.05, 0) is 110 Å². The first-order valence-corrected chi connectivity index (χ1v) is 23.5. The molecule has 60 heavy (non-hydrogen) atoms. The van der Waals surface area contributed by atoms with Crippen molar-refractivity contribution in [2.45, 2.75) is 99.2 Å².